The molecule has 3 aromatic rings. The predicted octanol–water partition coefficient (Wildman–Crippen LogP) is 3.37. The molecule has 192 valence electrons. The van der Waals surface area contributed by atoms with Crippen LogP contribution in [0, 0.1) is 0 Å². The van der Waals surface area contributed by atoms with Gasteiger partial charge in [-0.1, -0.05) is 6.58 Å². The Bertz CT molecular complexity index is 1330. The number of benzene rings is 2. The van der Waals surface area contributed by atoms with Gasteiger partial charge in [-0.3, -0.25) is 14.6 Å². The summed E-state index contributed by atoms with van der Waals surface area (Å²) in [5, 5.41) is 10.4. The number of anilines is 2. The van der Waals surface area contributed by atoms with Crippen LogP contribution in [-0.2, 0) is 22.9 Å². The highest BCUT2D eigenvalue weighted by atomic mass is 32.2. The van der Waals surface area contributed by atoms with Crippen LogP contribution in [-0.4, -0.2) is 53.0 Å². The normalized spacial score (nSPS) is 10.9. The van der Waals surface area contributed by atoms with Gasteiger partial charge in [0.15, 0.2) is 17.3 Å². The van der Waals surface area contributed by atoms with E-state index in [9.17, 15) is 13.2 Å². The van der Waals surface area contributed by atoms with E-state index in [1.54, 1.807) is 26.4 Å². The first-order valence-corrected chi connectivity index (χ1v) is 12.2. The minimum Gasteiger partial charge on any atom is -0.497 e. The molecule has 0 aliphatic rings. The molecule has 3 N–H and O–H groups in total. The molecular weight excluding hydrogens is 488 g/mol. The predicted molar refractivity (Wildman–Crippen MR) is 136 cm³/mol. The number of carbonyl (C=O) groups is 1. The van der Waals surface area contributed by atoms with Crippen LogP contribution in [0.5, 0.6) is 23.0 Å². The number of nitrogens with zero attached hydrogens (tertiary/aromatic N) is 1. The molecule has 0 saturated carbocycles. The fourth-order valence-electron chi connectivity index (χ4n) is 3.37. The maximum atomic E-state index is 13.1. The Morgan fingerprint density at radius 1 is 0.944 bits per heavy atom. The third-order valence-corrected chi connectivity index (χ3v) is 6.15. The minimum absolute atomic E-state index is 0.00565. The summed E-state index contributed by atoms with van der Waals surface area (Å²) >= 11 is 0. The van der Waals surface area contributed by atoms with Crippen molar-refractivity contribution < 1.29 is 32.2 Å². The maximum absolute atomic E-state index is 13.1. The average Bonchev–Trinajstić information content (AvgIpc) is 3.33. The molecule has 1 aromatic heterocycles. The molecule has 0 saturated heterocycles. The van der Waals surface area contributed by atoms with Gasteiger partial charge in [0.25, 0.3) is 15.9 Å². The van der Waals surface area contributed by atoms with Crippen molar-refractivity contribution in [3.63, 3.8) is 0 Å². The lowest BCUT2D eigenvalue weighted by molar-refractivity contribution is 0.102. The Morgan fingerprint density at radius 3 is 2.17 bits per heavy atom. The summed E-state index contributed by atoms with van der Waals surface area (Å²) < 4.78 is 47.5. The van der Waals surface area contributed by atoms with Gasteiger partial charge >= 0.3 is 0 Å². The highest BCUT2D eigenvalue weighted by Gasteiger charge is 2.20. The molecule has 12 heteroatoms. The van der Waals surface area contributed by atoms with Crippen molar-refractivity contribution in [3.8, 4) is 23.0 Å². The summed E-state index contributed by atoms with van der Waals surface area (Å²) in [5.74, 6) is 1.55. The van der Waals surface area contributed by atoms with Gasteiger partial charge in [0, 0.05) is 29.3 Å². The number of hydrogen-bond acceptors (Lipinski definition) is 8. The van der Waals surface area contributed by atoms with Gasteiger partial charge in [0.05, 0.1) is 39.7 Å². The molecule has 36 heavy (non-hydrogen) atoms. The monoisotopic (exact) mass is 516 g/mol. The van der Waals surface area contributed by atoms with Crippen LogP contribution in [0.2, 0.25) is 0 Å². The van der Waals surface area contributed by atoms with Gasteiger partial charge in [0.2, 0.25) is 0 Å². The standard InChI is InChI=1S/C24H28N4O7S/c1-6-36(30,31)28-20-14-22(35-5)21(34-4)13-19(20)24(29)25-23-11-16(26-27-23)8-7-15-9-17(32-2)12-18(10-15)33-3/h6,9-14,28H,1,7-8H2,2-5H3,(H2,25,26,27,29). The van der Waals surface area contributed by atoms with Crippen molar-refractivity contribution >= 4 is 27.4 Å². The lowest BCUT2D eigenvalue weighted by Crippen LogP contribution is -2.17. The first-order chi connectivity index (χ1) is 17.2. The van der Waals surface area contributed by atoms with E-state index in [-0.39, 0.29) is 28.6 Å². The van der Waals surface area contributed by atoms with E-state index in [2.05, 4.69) is 26.8 Å². The SMILES string of the molecule is C=CS(=O)(=O)Nc1cc(OC)c(OC)cc1C(=O)Nc1cc(CCc2cc(OC)cc(OC)c2)[nH]n1. The smallest absolute Gasteiger partial charge is 0.259 e. The van der Waals surface area contributed by atoms with E-state index in [0.717, 1.165) is 16.7 Å². The molecular formula is C24H28N4O7S. The summed E-state index contributed by atoms with van der Waals surface area (Å²) in [7, 11) is 2.10. The highest BCUT2D eigenvalue weighted by Crippen LogP contribution is 2.34. The molecule has 11 nitrogen and oxygen atoms in total. The number of amides is 1. The fraction of sp³-hybridized carbons (Fsp3) is 0.250. The van der Waals surface area contributed by atoms with Crippen molar-refractivity contribution in [1.82, 2.24) is 10.2 Å². The minimum atomic E-state index is -3.89. The Balaban J connectivity index is 1.78. The van der Waals surface area contributed by atoms with Gasteiger partial charge in [-0.15, -0.1) is 0 Å². The second kappa shape index (κ2) is 11.5. The number of aromatic nitrogens is 2. The summed E-state index contributed by atoms with van der Waals surface area (Å²) in [6, 6.07) is 10.1. The third-order valence-electron chi connectivity index (χ3n) is 5.21. The fourth-order valence-corrected chi connectivity index (χ4v) is 3.93. The number of ether oxygens (including phenoxy) is 4. The average molecular weight is 517 g/mol. The van der Waals surface area contributed by atoms with Crippen LogP contribution in [0.3, 0.4) is 0 Å². The van der Waals surface area contributed by atoms with E-state index >= 15 is 0 Å². The van der Waals surface area contributed by atoms with E-state index in [4.69, 9.17) is 18.9 Å². The van der Waals surface area contributed by atoms with Crippen molar-refractivity contribution in [2.45, 2.75) is 12.8 Å². The van der Waals surface area contributed by atoms with E-state index in [1.165, 1.54) is 26.4 Å². The molecule has 0 fully saturated rings. The molecule has 2 aromatic carbocycles. The van der Waals surface area contributed by atoms with Gasteiger partial charge in [-0.25, -0.2) is 8.42 Å². The lowest BCUT2D eigenvalue weighted by Gasteiger charge is -2.15. The van der Waals surface area contributed by atoms with Gasteiger partial charge in [0.1, 0.15) is 11.5 Å². The molecule has 0 aliphatic carbocycles. The molecule has 0 atom stereocenters. The quantitative estimate of drug-likeness (QED) is 0.333. The molecule has 0 spiro atoms. The number of methoxy groups -OCH3 is 4. The molecule has 0 unspecified atom stereocenters. The summed E-state index contributed by atoms with van der Waals surface area (Å²) in [6.45, 7) is 3.27. The van der Waals surface area contributed by atoms with Gasteiger partial charge in [-0.2, -0.15) is 5.10 Å². The molecule has 3 rings (SSSR count). The van der Waals surface area contributed by atoms with E-state index in [0.29, 0.717) is 24.3 Å². The molecule has 0 bridgehead atoms. The van der Waals surface area contributed by atoms with Crippen LogP contribution in [0.15, 0.2) is 48.4 Å². The largest absolute Gasteiger partial charge is 0.497 e. The number of aromatic amines is 1. The summed E-state index contributed by atoms with van der Waals surface area (Å²) in [6.07, 6.45) is 1.28. The molecule has 0 radical (unpaired) electrons. The van der Waals surface area contributed by atoms with Crippen LogP contribution in [0.1, 0.15) is 21.6 Å². The van der Waals surface area contributed by atoms with Crippen LogP contribution >= 0.6 is 0 Å². The number of H-pyrrole nitrogens is 1. The highest BCUT2D eigenvalue weighted by molar-refractivity contribution is 7.95. The van der Waals surface area contributed by atoms with Crippen molar-refractivity contribution in [1.29, 1.82) is 0 Å². The topological polar surface area (TPSA) is 141 Å². The van der Waals surface area contributed by atoms with Gasteiger partial charge < -0.3 is 24.3 Å². The van der Waals surface area contributed by atoms with Gasteiger partial charge in [-0.05, 0) is 36.6 Å². The maximum Gasteiger partial charge on any atom is 0.259 e. The number of carbonyl (C=O) groups excluding carboxylic acids is 1. The zero-order valence-electron chi connectivity index (χ0n) is 20.4. The number of aryl methyl sites for hydroxylation is 2. The number of rotatable bonds is 12. The Morgan fingerprint density at radius 2 is 1.58 bits per heavy atom. The van der Waals surface area contributed by atoms with Crippen molar-refractivity contribution in [2.24, 2.45) is 0 Å². The first kappa shape index (κ1) is 26.4. The number of nitrogens with one attached hydrogen (secondary N) is 3. The number of hydrogen-bond donors (Lipinski definition) is 3. The first-order valence-electron chi connectivity index (χ1n) is 10.7. The lowest BCUT2D eigenvalue weighted by atomic mass is 10.1. The molecule has 1 heterocycles. The Hall–Kier alpha value is -4.19. The van der Waals surface area contributed by atoms with Crippen molar-refractivity contribution in [3.05, 3.63) is 65.2 Å². The Kier molecular flexibility index (Phi) is 8.43. The Labute approximate surface area is 209 Å². The van der Waals surface area contributed by atoms with Crippen LogP contribution in [0.25, 0.3) is 0 Å². The van der Waals surface area contributed by atoms with Crippen LogP contribution in [0.4, 0.5) is 11.5 Å². The van der Waals surface area contributed by atoms with E-state index < -0.39 is 15.9 Å². The van der Waals surface area contributed by atoms with E-state index in [1.807, 2.05) is 12.1 Å². The molecule has 1 amide bonds. The van der Waals surface area contributed by atoms with Crippen molar-refractivity contribution in [2.75, 3.05) is 38.5 Å². The second-order valence-corrected chi connectivity index (χ2v) is 9.15. The van der Waals surface area contributed by atoms with Crippen LogP contribution < -0.4 is 29.0 Å². The zero-order chi connectivity index (χ0) is 26.3. The second-order valence-electron chi connectivity index (χ2n) is 7.52. The molecule has 0 aliphatic heterocycles. The summed E-state index contributed by atoms with van der Waals surface area (Å²) in [5.41, 5.74) is 1.79. The zero-order valence-corrected chi connectivity index (χ0v) is 21.2. The third kappa shape index (κ3) is 6.48. The summed E-state index contributed by atoms with van der Waals surface area (Å²) in [4.78, 5) is 13.1. The number of sulfonamides is 1.